The Labute approximate surface area is 220 Å². The lowest BCUT2D eigenvalue weighted by molar-refractivity contribution is -0.121. The van der Waals surface area contributed by atoms with Crippen molar-refractivity contribution in [1.29, 1.82) is 0 Å². The number of benzene rings is 2. The van der Waals surface area contributed by atoms with Gasteiger partial charge in [0, 0.05) is 37.7 Å². The monoisotopic (exact) mass is 548 g/mol. The third-order valence-electron chi connectivity index (χ3n) is 6.65. The van der Waals surface area contributed by atoms with Gasteiger partial charge in [-0.2, -0.15) is 4.31 Å². The summed E-state index contributed by atoms with van der Waals surface area (Å²) in [5, 5.41) is 1.07. The van der Waals surface area contributed by atoms with Gasteiger partial charge in [-0.1, -0.05) is 35.1 Å². The van der Waals surface area contributed by atoms with E-state index in [9.17, 15) is 13.2 Å². The number of ether oxygens (including phenoxy) is 1. The fraction of sp³-hybridized carbons (Fsp3) is 0.440. The topological polar surface area (TPSA) is 83.1 Å². The van der Waals surface area contributed by atoms with Gasteiger partial charge in [-0.05, 0) is 55.7 Å². The van der Waals surface area contributed by atoms with E-state index in [2.05, 4.69) is 4.90 Å². The van der Waals surface area contributed by atoms with Crippen molar-refractivity contribution in [1.82, 2.24) is 14.2 Å². The first-order valence-electron chi connectivity index (χ1n) is 12.2. The van der Waals surface area contributed by atoms with Gasteiger partial charge >= 0.3 is 0 Å². The molecule has 36 heavy (non-hydrogen) atoms. The van der Waals surface area contributed by atoms with Crippen molar-refractivity contribution in [2.45, 2.75) is 30.2 Å². The Morgan fingerprint density at radius 2 is 1.86 bits per heavy atom. The molecule has 11 heteroatoms. The normalized spacial score (nSPS) is 19.6. The van der Waals surface area contributed by atoms with Crippen LogP contribution in [-0.4, -0.2) is 80.5 Å². The second-order valence-electron chi connectivity index (χ2n) is 8.99. The molecule has 2 aliphatic rings. The Morgan fingerprint density at radius 3 is 2.61 bits per heavy atom. The average Bonchev–Trinajstić information content (AvgIpc) is 3.55. The zero-order valence-electron chi connectivity index (χ0n) is 19.9. The Morgan fingerprint density at radius 1 is 1.11 bits per heavy atom. The molecule has 1 atom stereocenters. The van der Waals surface area contributed by atoms with Gasteiger partial charge in [0.2, 0.25) is 15.9 Å². The van der Waals surface area contributed by atoms with Crippen LogP contribution in [-0.2, 0) is 19.6 Å². The van der Waals surface area contributed by atoms with Crippen LogP contribution in [0.2, 0.25) is 5.02 Å². The van der Waals surface area contributed by atoms with E-state index < -0.39 is 16.1 Å². The molecule has 0 N–H and O–H groups in total. The second kappa shape index (κ2) is 11.1. The molecule has 0 aliphatic carbocycles. The standard InChI is InChI=1S/C25H29ClN4O4S2/c26-19-8-10-20(11-9-19)36(32,33)30-14-3-6-22(30)24(31)29(13-4-12-28-15-17-34-18-16-28)25-27-21-5-1-2-7-23(21)35-25/h1-2,5,7-11,22H,3-4,6,12-18H2. The summed E-state index contributed by atoms with van der Waals surface area (Å²) in [5.74, 6) is -0.217. The van der Waals surface area contributed by atoms with Gasteiger partial charge in [0.1, 0.15) is 6.04 Å². The molecule has 2 saturated heterocycles. The third kappa shape index (κ3) is 5.44. The van der Waals surface area contributed by atoms with E-state index in [0.717, 1.165) is 49.5 Å². The van der Waals surface area contributed by atoms with Crippen LogP contribution in [0.1, 0.15) is 19.3 Å². The zero-order chi connectivity index (χ0) is 25.1. The molecule has 2 aromatic carbocycles. The fourth-order valence-corrected chi connectivity index (χ4v) is 7.52. The van der Waals surface area contributed by atoms with Crippen molar-refractivity contribution in [2.75, 3.05) is 50.8 Å². The van der Waals surface area contributed by atoms with E-state index in [4.69, 9.17) is 21.3 Å². The number of nitrogens with zero attached hydrogens (tertiary/aromatic N) is 4. The van der Waals surface area contributed by atoms with E-state index >= 15 is 0 Å². The van der Waals surface area contributed by atoms with Crippen molar-refractivity contribution in [2.24, 2.45) is 0 Å². The minimum atomic E-state index is -3.84. The second-order valence-corrected chi connectivity index (χ2v) is 12.3. The van der Waals surface area contributed by atoms with Gasteiger partial charge in [-0.15, -0.1) is 0 Å². The van der Waals surface area contributed by atoms with E-state index in [1.807, 2.05) is 24.3 Å². The molecule has 5 rings (SSSR count). The summed E-state index contributed by atoms with van der Waals surface area (Å²) in [6, 6.07) is 13.1. The number of anilines is 1. The third-order valence-corrected chi connectivity index (χ3v) is 9.88. The summed E-state index contributed by atoms with van der Waals surface area (Å²) in [7, 11) is -3.84. The number of hydrogen-bond donors (Lipinski definition) is 0. The summed E-state index contributed by atoms with van der Waals surface area (Å²) in [5.41, 5.74) is 0.834. The quantitative estimate of drug-likeness (QED) is 0.425. The highest BCUT2D eigenvalue weighted by Crippen LogP contribution is 2.33. The van der Waals surface area contributed by atoms with E-state index in [-0.39, 0.29) is 10.8 Å². The molecule has 2 aliphatic heterocycles. The summed E-state index contributed by atoms with van der Waals surface area (Å²) in [6.07, 6.45) is 1.87. The predicted molar refractivity (Wildman–Crippen MR) is 142 cm³/mol. The number of morpholine rings is 1. The van der Waals surface area contributed by atoms with Crippen molar-refractivity contribution in [3.63, 3.8) is 0 Å². The largest absolute Gasteiger partial charge is 0.379 e. The van der Waals surface area contributed by atoms with Crippen molar-refractivity contribution < 1.29 is 17.9 Å². The van der Waals surface area contributed by atoms with Gasteiger partial charge in [-0.3, -0.25) is 14.6 Å². The molecule has 3 heterocycles. The molecule has 192 valence electrons. The number of carbonyl (C=O) groups is 1. The minimum absolute atomic E-state index is 0.144. The Bertz CT molecular complexity index is 1280. The van der Waals surface area contributed by atoms with Crippen molar-refractivity contribution in [3.8, 4) is 0 Å². The highest BCUT2D eigenvalue weighted by atomic mass is 35.5. The van der Waals surface area contributed by atoms with Crippen LogP contribution in [0.25, 0.3) is 10.2 Å². The van der Waals surface area contributed by atoms with Crippen LogP contribution in [0.15, 0.2) is 53.4 Å². The summed E-state index contributed by atoms with van der Waals surface area (Å²) in [6.45, 7) is 4.83. The van der Waals surface area contributed by atoms with Crippen LogP contribution >= 0.6 is 22.9 Å². The molecule has 0 radical (unpaired) electrons. The first-order chi connectivity index (χ1) is 17.4. The SMILES string of the molecule is O=C(C1CCCN1S(=O)(=O)c1ccc(Cl)cc1)N(CCCN1CCOCC1)c1nc2ccccc2s1. The zero-order valence-corrected chi connectivity index (χ0v) is 22.3. The number of fused-ring (bicyclic) bond motifs is 1. The molecular weight excluding hydrogens is 520 g/mol. The lowest BCUT2D eigenvalue weighted by Gasteiger charge is -2.30. The van der Waals surface area contributed by atoms with Gasteiger partial charge in [0.25, 0.3) is 0 Å². The van der Waals surface area contributed by atoms with Crippen LogP contribution in [0.5, 0.6) is 0 Å². The van der Waals surface area contributed by atoms with E-state index in [1.165, 1.54) is 27.8 Å². The Balaban J connectivity index is 1.40. The first kappa shape index (κ1) is 25.6. The lowest BCUT2D eigenvalue weighted by atomic mass is 10.2. The molecule has 1 aromatic heterocycles. The number of halogens is 1. The number of hydrogen-bond acceptors (Lipinski definition) is 7. The maximum Gasteiger partial charge on any atom is 0.247 e. The number of thiazole rings is 1. The highest BCUT2D eigenvalue weighted by Gasteiger charge is 2.42. The highest BCUT2D eigenvalue weighted by molar-refractivity contribution is 7.89. The molecule has 1 unspecified atom stereocenters. The number of para-hydroxylation sites is 1. The molecule has 0 bridgehead atoms. The molecule has 0 spiro atoms. The maximum absolute atomic E-state index is 14.0. The van der Waals surface area contributed by atoms with Crippen LogP contribution < -0.4 is 4.90 Å². The molecular formula is C25H29ClN4O4S2. The summed E-state index contributed by atoms with van der Waals surface area (Å²) >= 11 is 7.43. The van der Waals surface area contributed by atoms with Gasteiger partial charge in [-0.25, -0.2) is 13.4 Å². The van der Waals surface area contributed by atoms with Crippen LogP contribution in [0.3, 0.4) is 0 Å². The van der Waals surface area contributed by atoms with Gasteiger partial charge < -0.3 is 4.74 Å². The molecule has 1 amide bonds. The van der Waals surface area contributed by atoms with Gasteiger partial charge in [0.15, 0.2) is 5.13 Å². The average molecular weight is 549 g/mol. The maximum atomic E-state index is 14.0. The number of carbonyl (C=O) groups excluding carboxylic acids is 1. The first-order valence-corrected chi connectivity index (χ1v) is 14.8. The van der Waals surface area contributed by atoms with Crippen LogP contribution in [0, 0.1) is 0 Å². The molecule has 3 aromatic rings. The van der Waals surface area contributed by atoms with Crippen LogP contribution in [0.4, 0.5) is 5.13 Å². The van der Waals surface area contributed by atoms with Gasteiger partial charge in [0.05, 0.1) is 28.3 Å². The van der Waals surface area contributed by atoms with Crippen molar-refractivity contribution >= 4 is 54.2 Å². The number of sulfonamides is 1. The molecule has 8 nitrogen and oxygen atoms in total. The number of aromatic nitrogens is 1. The van der Waals surface area contributed by atoms with E-state index in [1.54, 1.807) is 17.0 Å². The predicted octanol–water partition coefficient (Wildman–Crippen LogP) is 3.86. The number of amides is 1. The smallest absolute Gasteiger partial charge is 0.247 e. The summed E-state index contributed by atoms with van der Waals surface area (Å²) in [4.78, 5) is 22.9. The fourth-order valence-electron chi connectivity index (χ4n) is 4.75. The number of rotatable bonds is 8. The minimum Gasteiger partial charge on any atom is -0.379 e. The van der Waals surface area contributed by atoms with Crippen molar-refractivity contribution in [3.05, 3.63) is 53.6 Å². The Kier molecular flexibility index (Phi) is 7.90. The summed E-state index contributed by atoms with van der Waals surface area (Å²) < 4.78 is 34.7. The van der Waals surface area contributed by atoms with E-state index in [0.29, 0.717) is 36.1 Å². The molecule has 2 fully saturated rings. The molecule has 0 saturated carbocycles. The lowest BCUT2D eigenvalue weighted by Crippen LogP contribution is -2.48. The Hall–Kier alpha value is -2.08.